The first-order valence-electron chi connectivity index (χ1n) is 8.86. The van der Waals surface area contributed by atoms with Crippen molar-refractivity contribution in [3.05, 3.63) is 72.1 Å². The van der Waals surface area contributed by atoms with Gasteiger partial charge in [-0.25, -0.2) is 9.78 Å². The zero-order valence-corrected chi connectivity index (χ0v) is 16.5. The molecule has 0 unspecified atom stereocenters. The first-order chi connectivity index (χ1) is 13.6. The summed E-state index contributed by atoms with van der Waals surface area (Å²) < 4.78 is 6.95. The van der Waals surface area contributed by atoms with E-state index in [4.69, 9.17) is 4.74 Å². The van der Waals surface area contributed by atoms with Crippen molar-refractivity contribution in [2.75, 3.05) is 18.2 Å². The van der Waals surface area contributed by atoms with Gasteiger partial charge in [0.25, 0.3) is 5.91 Å². The van der Waals surface area contributed by atoms with E-state index < -0.39 is 5.97 Å². The fourth-order valence-electron chi connectivity index (χ4n) is 2.79. The number of rotatable bonds is 7. The van der Waals surface area contributed by atoms with Gasteiger partial charge in [0.05, 0.1) is 6.20 Å². The average molecular weight is 395 g/mol. The van der Waals surface area contributed by atoms with Crippen LogP contribution in [0.15, 0.2) is 66.0 Å². The first kappa shape index (κ1) is 19.7. The number of amides is 1. The van der Waals surface area contributed by atoms with Crippen LogP contribution in [0.1, 0.15) is 23.0 Å². The predicted molar refractivity (Wildman–Crippen MR) is 110 cm³/mol. The minimum absolute atomic E-state index is 0.275. The monoisotopic (exact) mass is 395 g/mol. The largest absolute Gasteiger partial charge is 0.451 e. The number of carbonyl (C=O) groups excluding carboxylic acids is 2. The Morgan fingerprint density at radius 3 is 2.54 bits per heavy atom. The highest BCUT2D eigenvalue weighted by Crippen LogP contribution is 2.22. The summed E-state index contributed by atoms with van der Waals surface area (Å²) in [6.45, 7) is 1.64. The second-order valence-electron chi connectivity index (χ2n) is 5.94. The maximum atomic E-state index is 12.6. The molecule has 0 saturated carbocycles. The first-order valence-corrected chi connectivity index (χ1v) is 10.1. The van der Waals surface area contributed by atoms with Crippen molar-refractivity contribution in [1.82, 2.24) is 9.55 Å². The van der Waals surface area contributed by atoms with Crippen molar-refractivity contribution >= 4 is 29.3 Å². The van der Waals surface area contributed by atoms with Crippen LogP contribution in [0, 0.1) is 0 Å². The van der Waals surface area contributed by atoms with Crippen molar-refractivity contribution in [3.8, 4) is 5.69 Å². The van der Waals surface area contributed by atoms with Crippen molar-refractivity contribution < 1.29 is 14.3 Å². The number of nitrogens with zero attached hydrogens (tertiary/aromatic N) is 2. The van der Waals surface area contributed by atoms with E-state index in [0.717, 1.165) is 23.4 Å². The molecule has 0 aliphatic carbocycles. The van der Waals surface area contributed by atoms with Gasteiger partial charge >= 0.3 is 5.97 Å². The molecule has 0 aliphatic rings. The number of hydrogen-bond donors (Lipinski definition) is 1. The Labute approximate surface area is 167 Å². The van der Waals surface area contributed by atoms with Gasteiger partial charge in [0.2, 0.25) is 0 Å². The predicted octanol–water partition coefficient (Wildman–Crippen LogP) is 3.95. The van der Waals surface area contributed by atoms with E-state index in [0.29, 0.717) is 5.16 Å². The molecule has 1 N–H and O–H groups in total. The zero-order valence-electron chi connectivity index (χ0n) is 15.7. The number of aromatic nitrogens is 2. The Morgan fingerprint density at radius 2 is 1.82 bits per heavy atom. The third-order valence-electron chi connectivity index (χ3n) is 4.14. The topological polar surface area (TPSA) is 73.2 Å². The maximum absolute atomic E-state index is 12.6. The molecule has 7 heteroatoms. The van der Waals surface area contributed by atoms with E-state index in [1.54, 1.807) is 4.57 Å². The van der Waals surface area contributed by atoms with Crippen LogP contribution in [0.5, 0.6) is 0 Å². The Kier molecular flexibility index (Phi) is 6.49. The zero-order chi connectivity index (χ0) is 19.9. The maximum Gasteiger partial charge on any atom is 0.357 e. The second kappa shape index (κ2) is 9.23. The van der Waals surface area contributed by atoms with Crippen LogP contribution in [-0.2, 0) is 16.0 Å². The van der Waals surface area contributed by atoms with Gasteiger partial charge in [0.15, 0.2) is 17.5 Å². The highest BCUT2D eigenvalue weighted by molar-refractivity contribution is 7.98. The fraction of sp³-hybridized carbons (Fsp3) is 0.190. The Morgan fingerprint density at radius 1 is 1.11 bits per heavy atom. The molecule has 28 heavy (non-hydrogen) atoms. The van der Waals surface area contributed by atoms with Gasteiger partial charge in [-0.3, -0.25) is 9.36 Å². The lowest BCUT2D eigenvalue weighted by Crippen LogP contribution is -2.22. The summed E-state index contributed by atoms with van der Waals surface area (Å²) in [6.07, 6.45) is 4.14. The molecule has 0 spiro atoms. The molecule has 1 amide bonds. The molecule has 0 fully saturated rings. The van der Waals surface area contributed by atoms with Crippen molar-refractivity contribution in [2.24, 2.45) is 0 Å². The molecule has 3 aromatic rings. The summed E-state index contributed by atoms with van der Waals surface area (Å²) in [5.74, 6) is -0.985. The molecule has 0 radical (unpaired) electrons. The summed E-state index contributed by atoms with van der Waals surface area (Å²) >= 11 is 1.42. The molecule has 144 valence electrons. The molecule has 0 bridgehead atoms. The highest BCUT2D eigenvalue weighted by Gasteiger charge is 2.20. The van der Waals surface area contributed by atoms with E-state index >= 15 is 0 Å². The Balaban J connectivity index is 1.70. The number of ether oxygens (including phenoxy) is 1. The number of para-hydroxylation sites is 2. The summed E-state index contributed by atoms with van der Waals surface area (Å²) in [5.41, 5.74) is 2.83. The molecule has 1 aromatic heterocycles. The third-order valence-corrected chi connectivity index (χ3v) is 4.80. The summed E-state index contributed by atoms with van der Waals surface area (Å²) in [7, 11) is 0. The van der Waals surface area contributed by atoms with Crippen LogP contribution in [0.2, 0.25) is 0 Å². The number of thioether (sulfide) groups is 1. The van der Waals surface area contributed by atoms with E-state index in [-0.39, 0.29) is 18.2 Å². The second-order valence-corrected chi connectivity index (χ2v) is 6.71. The number of aryl methyl sites for hydroxylation is 1. The third kappa shape index (κ3) is 4.43. The van der Waals surface area contributed by atoms with Crippen molar-refractivity contribution in [1.29, 1.82) is 0 Å². The summed E-state index contributed by atoms with van der Waals surface area (Å²) in [5, 5.41) is 3.45. The van der Waals surface area contributed by atoms with E-state index in [1.807, 2.05) is 67.8 Å². The van der Waals surface area contributed by atoms with Crippen molar-refractivity contribution in [3.63, 3.8) is 0 Å². The van der Waals surface area contributed by atoms with E-state index in [2.05, 4.69) is 10.3 Å². The lowest BCUT2D eigenvalue weighted by molar-refractivity contribution is -0.119. The molecule has 3 rings (SSSR count). The number of imidazole rings is 1. The molecule has 2 aromatic carbocycles. The van der Waals surface area contributed by atoms with Crippen LogP contribution in [0.3, 0.4) is 0 Å². The smallest absolute Gasteiger partial charge is 0.357 e. The van der Waals surface area contributed by atoms with Gasteiger partial charge in [-0.1, -0.05) is 55.1 Å². The molecule has 0 aliphatic heterocycles. The fourth-order valence-corrected chi connectivity index (χ4v) is 3.34. The molecule has 1 heterocycles. The van der Waals surface area contributed by atoms with Gasteiger partial charge in [-0.15, -0.1) is 0 Å². The van der Waals surface area contributed by atoms with E-state index in [9.17, 15) is 9.59 Å². The van der Waals surface area contributed by atoms with Crippen molar-refractivity contribution in [2.45, 2.75) is 18.5 Å². The molecular formula is C21H21N3O3S. The lowest BCUT2D eigenvalue weighted by atomic mass is 10.1. The number of anilines is 1. The number of benzene rings is 2. The minimum Gasteiger partial charge on any atom is -0.451 e. The highest BCUT2D eigenvalue weighted by atomic mass is 32.2. The lowest BCUT2D eigenvalue weighted by Gasteiger charge is -2.12. The Bertz CT molecular complexity index is 970. The molecule has 0 saturated heterocycles. The SMILES string of the molecule is CCc1ccccc1NC(=O)COC(=O)c1cnc(SC)n1-c1ccccc1. The summed E-state index contributed by atoms with van der Waals surface area (Å²) in [4.78, 5) is 29.1. The quantitative estimate of drug-likeness (QED) is 0.484. The van der Waals surface area contributed by atoms with Gasteiger partial charge in [0.1, 0.15) is 0 Å². The van der Waals surface area contributed by atoms with Crippen LogP contribution in [0.25, 0.3) is 5.69 Å². The van der Waals surface area contributed by atoms with Gasteiger partial charge in [-0.05, 0) is 36.4 Å². The van der Waals surface area contributed by atoms with Crippen LogP contribution in [0.4, 0.5) is 5.69 Å². The van der Waals surface area contributed by atoms with E-state index in [1.165, 1.54) is 18.0 Å². The molecule has 6 nitrogen and oxygen atoms in total. The van der Waals surface area contributed by atoms with Crippen LogP contribution >= 0.6 is 11.8 Å². The normalized spacial score (nSPS) is 10.5. The number of esters is 1. The van der Waals surface area contributed by atoms with Gasteiger partial charge in [-0.2, -0.15) is 0 Å². The number of hydrogen-bond acceptors (Lipinski definition) is 5. The summed E-state index contributed by atoms with van der Waals surface area (Å²) in [6, 6.07) is 17.0. The van der Waals surface area contributed by atoms with Gasteiger partial charge < -0.3 is 10.1 Å². The number of carbonyl (C=O) groups is 2. The molecular weight excluding hydrogens is 374 g/mol. The van der Waals surface area contributed by atoms with Crippen LogP contribution < -0.4 is 5.32 Å². The molecule has 0 atom stereocenters. The average Bonchev–Trinajstić information content (AvgIpc) is 3.17. The standard InChI is InChI=1S/C21H21N3O3S/c1-3-15-9-7-8-12-17(15)23-19(25)14-27-20(26)18-13-22-21(28-2)24(18)16-10-5-4-6-11-16/h4-13H,3,14H2,1-2H3,(H,23,25). The Hall–Kier alpha value is -3.06. The van der Waals surface area contributed by atoms with Gasteiger partial charge in [0, 0.05) is 11.4 Å². The minimum atomic E-state index is -0.601. The van der Waals surface area contributed by atoms with Crippen LogP contribution in [-0.4, -0.2) is 34.3 Å². The number of nitrogens with one attached hydrogen (secondary N) is 1.